The topological polar surface area (TPSA) is 18.5 Å². The molecule has 0 heterocycles. The number of hydrogen-bond donors (Lipinski definition) is 0. The summed E-state index contributed by atoms with van der Waals surface area (Å²) in [5.74, 6) is 13.8. The molecule has 0 atom stereocenters. The van der Waals surface area contributed by atoms with Gasteiger partial charge in [0.05, 0.1) is 19.5 Å². The minimum atomic E-state index is 0.643. The molecule has 2 rings (SSSR count). The van der Waals surface area contributed by atoms with E-state index >= 15 is 0 Å². The SMILES string of the molecule is COc1ccc(C#Cc2ccccc2C#CCBr)cc1OC. The van der Waals surface area contributed by atoms with Crippen molar-refractivity contribution in [3.63, 3.8) is 0 Å². The van der Waals surface area contributed by atoms with Crippen LogP contribution in [0.25, 0.3) is 0 Å². The number of ether oxygens (including phenoxy) is 2. The Hall–Kier alpha value is -2.36. The van der Waals surface area contributed by atoms with Crippen molar-refractivity contribution in [2.24, 2.45) is 0 Å². The molecule has 0 unspecified atom stereocenters. The molecule has 0 saturated heterocycles. The van der Waals surface area contributed by atoms with E-state index in [-0.39, 0.29) is 0 Å². The third-order valence-corrected chi connectivity index (χ3v) is 3.22. The molecule has 0 N–H and O–H groups in total. The summed E-state index contributed by atoms with van der Waals surface area (Å²) in [5.41, 5.74) is 2.70. The lowest BCUT2D eigenvalue weighted by Gasteiger charge is -2.06. The van der Waals surface area contributed by atoms with Crippen molar-refractivity contribution in [2.45, 2.75) is 0 Å². The quantitative estimate of drug-likeness (QED) is 0.602. The fourth-order valence-electron chi connectivity index (χ4n) is 1.88. The van der Waals surface area contributed by atoms with Gasteiger partial charge < -0.3 is 9.47 Å². The van der Waals surface area contributed by atoms with E-state index in [4.69, 9.17) is 9.47 Å². The van der Waals surface area contributed by atoms with Gasteiger partial charge in [-0.2, -0.15) is 0 Å². The Kier molecular flexibility index (Phi) is 5.95. The van der Waals surface area contributed by atoms with Crippen molar-refractivity contribution in [1.82, 2.24) is 0 Å². The van der Waals surface area contributed by atoms with Crippen molar-refractivity contribution in [3.05, 3.63) is 59.2 Å². The molecule has 0 radical (unpaired) electrons. The van der Waals surface area contributed by atoms with Gasteiger partial charge in [-0.25, -0.2) is 0 Å². The smallest absolute Gasteiger partial charge is 0.161 e. The van der Waals surface area contributed by atoms with Crippen molar-refractivity contribution >= 4 is 15.9 Å². The zero-order valence-electron chi connectivity index (χ0n) is 12.4. The first-order valence-electron chi connectivity index (χ1n) is 6.66. The number of alkyl halides is 1. The Labute approximate surface area is 139 Å². The normalized spacial score (nSPS) is 9.05. The van der Waals surface area contributed by atoms with Crippen LogP contribution in [0.2, 0.25) is 0 Å². The Balaban J connectivity index is 2.35. The first-order valence-corrected chi connectivity index (χ1v) is 7.78. The fourth-order valence-corrected chi connectivity index (χ4v) is 2.02. The van der Waals surface area contributed by atoms with E-state index in [0.29, 0.717) is 16.8 Å². The largest absolute Gasteiger partial charge is 0.493 e. The fraction of sp³-hybridized carbons (Fsp3) is 0.158. The summed E-state index contributed by atoms with van der Waals surface area (Å²) in [6.07, 6.45) is 0. The summed E-state index contributed by atoms with van der Waals surface area (Å²) >= 11 is 3.30. The van der Waals surface area contributed by atoms with Gasteiger partial charge in [0.2, 0.25) is 0 Å². The molecule has 2 aromatic carbocycles. The molecule has 0 amide bonds. The molecule has 0 aromatic heterocycles. The van der Waals surface area contributed by atoms with Gasteiger partial charge in [0.25, 0.3) is 0 Å². The molecule has 0 spiro atoms. The molecule has 110 valence electrons. The Morgan fingerprint density at radius 1 is 0.864 bits per heavy atom. The number of halogens is 1. The van der Waals surface area contributed by atoms with Crippen LogP contribution < -0.4 is 9.47 Å². The predicted octanol–water partition coefficient (Wildman–Crippen LogP) is 3.85. The minimum absolute atomic E-state index is 0.643. The molecule has 2 aromatic rings. The standard InChI is InChI=1S/C19H15BrO2/c1-21-18-12-10-15(14-19(18)22-2)9-11-17-7-4-3-6-16(17)8-5-13-20/h3-4,6-7,10,12,14H,13H2,1-2H3. The maximum Gasteiger partial charge on any atom is 0.161 e. The van der Waals surface area contributed by atoms with E-state index in [2.05, 4.69) is 39.6 Å². The highest BCUT2D eigenvalue weighted by Crippen LogP contribution is 2.27. The van der Waals surface area contributed by atoms with E-state index in [1.54, 1.807) is 14.2 Å². The van der Waals surface area contributed by atoms with Gasteiger partial charge in [-0.05, 0) is 30.3 Å². The molecule has 0 aliphatic carbocycles. The van der Waals surface area contributed by atoms with E-state index < -0.39 is 0 Å². The molecular formula is C19H15BrO2. The lowest BCUT2D eigenvalue weighted by molar-refractivity contribution is 0.355. The third-order valence-electron chi connectivity index (χ3n) is 2.94. The van der Waals surface area contributed by atoms with Crippen molar-refractivity contribution in [3.8, 4) is 35.2 Å². The average molecular weight is 355 g/mol. The van der Waals surface area contributed by atoms with Crippen LogP contribution in [0.5, 0.6) is 11.5 Å². The van der Waals surface area contributed by atoms with Crippen LogP contribution in [0.4, 0.5) is 0 Å². The van der Waals surface area contributed by atoms with Gasteiger partial charge >= 0.3 is 0 Å². The maximum absolute atomic E-state index is 5.29. The summed E-state index contributed by atoms with van der Waals surface area (Å²) in [5, 5.41) is 0.643. The molecule has 3 heteroatoms. The molecule has 0 aliphatic heterocycles. The minimum Gasteiger partial charge on any atom is -0.493 e. The Morgan fingerprint density at radius 3 is 2.18 bits per heavy atom. The summed E-state index contributed by atoms with van der Waals surface area (Å²) in [4.78, 5) is 0. The van der Waals surface area contributed by atoms with Crippen LogP contribution in [0, 0.1) is 23.7 Å². The maximum atomic E-state index is 5.29. The van der Waals surface area contributed by atoms with Crippen LogP contribution in [-0.4, -0.2) is 19.5 Å². The molecule has 0 bridgehead atoms. The highest BCUT2D eigenvalue weighted by atomic mass is 79.9. The second-order valence-electron chi connectivity index (χ2n) is 4.30. The van der Waals surface area contributed by atoms with Crippen LogP contribution in [0.3, 0.4) is 0 Å². The van der Waals surface area contributed by atoms with Crippen LogP contribution >= 0.6 is 15.9 Å². The zero-order chi connectivity index (χ0) is 15.8. The van der Waals surface area contributed by atoms with Gasteiger partial charge in [-0.3, -0.25) is 0 Å². The predicted molar refractivity (Wildman–Crippen MR) is 92.6 cm³/mol. The van der Waals surface area contributed by atoms with Crippen molar-refractivity contribution in [2.75, 3.05) is 19.5 Å². The number of rotatable bonds is 2. The summed E-state index contributed by atoms with van der Waals surface area (Å²) < 4.78 is 10.5. The molecular weight excluding hydrogens is 340 g/mol. The molecule has 2 nitrogen and oxygen atoms in total. The third kappa shape index (κ3) is 4.07. The van der Waals surface area contributed by atoms with E-state index in [1.165, 1.54) is 0 Å². The van der Waals surface area contributed by atoms with Crippen molar-refractivity contribution in [1.29, 1.82) is 0 Å². The lowest BCUT2D eigenvalue weighted by Crippen LogP contribution is -1.90. The van der Waals surface area contributed by atoms with Gasteiger partial charge in [-0.1, -0.05) is 51.7 Å². The average Bonchev–Trinajstić information content (AvgIpc) is 2.58. The monoisotopic (exact) mass is 354 g/mol. The molecule has 0 saturated carbocycles. The number of methoxy groups -OCH3 is 2. The number of hydrogen-bond acceptors (Lipinski definition) is 2. The zero-order valence-corrected chi connectivity index (χ0v) is 14.0. The summed E-state index contributed by atoms with van der Waals surface area (Å²) in [7, 11) is 3.22. The highest BCUT2D eigenvalue weighted by Gasteiger charge is 2.02. The second kappa shape index (κ2) is 8.17. The van der Waals surface area contributed by atoms with E-state index in [9.17, 15) is 0 Å². The Bertz CT molecular complexity index is 773. The second-order valence-corrected chi connectivity index (χ2v) is 4.86. The lowest BCUT2D eigenvalue weighted by atomic mass is 10.1. The molecule has 0 aliphatic rings. The van der Waals surface area contributed by atoms with Crippen LogP contribution in [-0.2, 0) is 0 Å². The van der Waals surface area contributed by atoms with Gasteiger partial charge in [0.1, 0.15) is 0 Å². The Morgan fingerprint density at radius 2 is 1.55 bits per heavy atom. The first-order chi connectivity index (χ1) is 10.8. The van der Waals surface area contributed by atoms with Gasteiger partial charge in [0.15, 0.2) is 11.5 Å². The highest BCUT2D eigenvalue weighted by molar-refractivity contribution is 9.09. The first kappa shape index (κ1) is 16.0. The van der Waals surface area contributed by atoms with Crippen LogP contribution in [0.1, 0.15) is 16.7 Å². The summed E-state index contributed by atoms with van der Waals surface area (Å²) in [6, 6.07) is 13.5. The van der Waals surface area contributed by atoms with E-state index in [0.717, 1.165) is 16.7 Å². The molecule has 22 heavy (non-hydrogen) atoms. The summed E-state index contributed by atoms with van der Waals surface area (Å²) in [6.45, 7) is 0. The van der Waals surface area contributed by atoms with Gasteiger partial charge in [-0.15, -0.1) is 0 Å². The van der Waals surface area contributed by atoms with Crippen LogP contribution in [0.15, 0.2) is 42.5 Å². The van der Waals surface area contributed by atoms with Crippen molar-refractivity contribution < 1.29 is 9.47 Å². The van der Waals surface area contributed by atoms with E-state index in [1.807, 2.05) is 42.5 Å². The molecule has 0 fully saturated rings. The van der Waals surface area contributed by atoms with Gasteiger partial charge in [0, 0.05) is 16.7 Å². The number of benzene rings is 2.